The molecule has 1 radical (unpaired) electrons. The van der Waals surface area contributed by atoms with Crippen LogP contribution in [0.25, 0.3) is 0 Å². The SMILES string of the molecule is C=C[C](C)Cc1cccc(C)c1. The van der Waals surface area contributed by atoms with Gasteiger partial charge in [-0.1, -0.05) is 42.8 Å². The Morgan fingerprint density at radius 3 is 2.83 bits per heavy atom. The molecule has 1 rings (SSSR count). The first-order valence-corrected chi connectivity index (χ1v) is 4.23. The van der Waals surface area contributed by atoms with Crippen molar-refractivity contribution in [3.05, 3.63) is 54.0 Å². The van der Waals surface area contributed by atoms with Crippen LogP contribution in [0.4, 0.5) is 0 Å². The number of rotatable bonds is 3. The molecule has 0 saturated carbocycles. The van der Waals surface area contributed by atoms with Crippen molar-refractivity contribution in [1.82, 2.24) is 0 Å². The van der Waals surface area contributed by atoms with Crippen LogP contribution in [0.2, 0.25) is 0 Å². The second kappa shape index (κ2) is 4.10. The summed E-state index contributed by atoms with van der Waals surface area (Å²) in [7, 11) is 0. The van der Waals surface area contributed by atoms with Gasteiger partial charge in [-0.15, -0.1) is 6.58 Å². The Hall–Kier alpha value is -1.04. The van der Waals surface area contributed by atoms with Crippen LogP contribution in [0.15, 0.2) is 36.9 Å². The monoisotopic (exact) mass is 159 g/mol. The van der Waals surface area contributed by atoms with Crippen molar-refractivity contribution in [3.63, 3.8) is 0 Å². The number of hydrogen-bond donors (Lipinski definition) is 0. The molecule has 0 aliphatic carbocycles. The van der Waals surface area contributed by atoms with E-state index in [9.17, 15) is 0 Å². The molecule has 0 heterocycles. The van der Waals surface area contributed by atoms with Gasteiger partial charge in [0.2, 0.25) is 0 Å². The molecule has 0 aromatic heterocycles. The maximum Gasteiger partial charge on any atom is -0.00175 e. The smallest absolute Gasteiger partial charge is 0.00175 e. The van der Waals surface area contributed by atoms with Gasteiger partial charge in [-0.25, -0.2) is 0 Å². The van der Waals surface area contributed by atoms with Crippen LogP contribution in [-0.2, 0) is 6.42 Å². The van der Waals surface area contributed by atoms with Crippen LogP contribution < -0.4 is 0 Å². The van der Waals surface area contributed by atoms with Gasteiger partial charge < -0.3 is 0 Å². The third-order valence-electron chi connectivity index (χ3n) is 1.91. The van der Waals surface area contributed by atoms with Crippen molar-refractivity contribution >= 4 is 0 Å². The van der Waals surface area contributed by atoms with E-state index in [4.69, 9.17) is 0 Å². The molecular weight excluding hydrogens is 144 g/mol. The second-order valence-corrected chi connectivity index (χ2v) is 3.22. The van der Waals surface area contributed by atoms with Crippen LogP contribution in [-0.4, -0.2) is 0 Å². The summed E-state index contributed by atoms with van der Waals surface area (Å²) >= 11 is 0. The summed E-state index contributed by atoms with van der Waals surface area (Å²) in [4.78, 5) is 0. The molecule has 0 bridgehead atoms. The zero-order valence-corrected chi connectivity index (χ0v) is 7.80. The van der Waals surface area contributed by atoms with E-state index in [2.05, 4.69) is 44.7 Å². The van der Waals surface area contributed by atoms with Gasteiger partial charge in [-0.05, 0) is 24.8 Å². The fourth-order valence-corrected chi connectivity index (χ4v) is 1.22. The maximum absolute atomic E-state index is 3.74. The van der Waals surface area contributed by atoms with E-state index in [-0.39, 0.29) is 0 Å². The molecule has 0 N–H and O–H groups in total. The molecular formula is C12H15. The standard InChI is InChI=1S/C12H15/c1-4-10(2)8-12-7-5-6-11(3)9-12/h4-7,9H,1,8H2,2-3H3. The molecule has 12 heavy (non-hydrogen) atoms. The van der Waals surface area contributed by atoms with Crippen LogP contribution in [0.1, 0.15) is 18.1 Å². The second-order valence-electron chi connectivity index (χ2n) is 3.22. The van der Waals surface area contributed by atoms with E-state index in [1.807, 2.05) is 6.08 Å². The highest BCUT2D eigenvalue weighted by molar-refractivity contribution is 5.26. The summed E-state index contributed by atoms with van der Waals surface area (Å²) in [5.74, 6) is 1.32. The fourth-order valence-electron chi connectivity index (χ4n) is 1.22. The lowest BCUT2D eigenvalue weighted by molar-refractivity contribution is 1.02. The van der Waals surface area contributed by atoms with Gasteiger partial charge in [0.25, 0.3) is 0 Å². The number of benzene rings is 1. The molecule has 0 spiro atoms. The van der Waals surface area contributed by atoms with E-state index < -0.39 is 0 Å². The molecule has 0 heteroatoms. The Morgan fingerprint density at radius 1 is 1.50 bits per heavy atom. The molecule has 0 aliphatic heterocycles. The molecule has 0 fully saturated rings. The van der Waals surface area contributed by atoms with Crippen LogP contribution in [0.5, 0.6) is 0 Å². The molecule has 63 valence electrons. The van der Waals surface area contributed by atoms with Gasteiger partial charge in [-0.3, -0.25) is 0 Å². The Morgan fingerprint density at radius 2 is 2.25 bits per heavy atom. The summed E-state index contributed by atoms with van der Waals surface area (Å²) < 4.78 is 0. The summed E-state index contributed by atoms with van der Waals surface area (Å²) in [5.41, 5.74) is 2.69. The fraction of sp³-hybridized carbons (Fsp3) is 0.250. The topological polar surface area (TPSA) is 0 Å². The summed E-state index contributed by atoms with van der Waals surface area (Å²) in [6.45, 7) is 7.97. The normalized spacial score (nSPS) is 10.2. The predicted octanol–water partition coefficient (Wildman–Crippen LogP) is 3.32. The minimum Gasteiger partial charge on any atom is -0.102 e. The van der Waals surface area contributed by atoms with Gasteiger partial charge >= 0.3 is 0 Å². The lowest BCUT2D eigenvalue weighted by Gasteiger charge is -2.05. The van der Waals surface area contributed by atoms with Gasteiger partial charge in [0.1, 0.15) is 0 Å². The van der Waals surface area contributed by atoms with E-state index in [0.29, 0.717) is 0 Å². The molecule has 0 unspecified atom stereocenters. The zero-order chi connectivity index (χ0) is 8.97. The van der Waals surface area contributed by atoms with Gasteiger partial charge in [0.05, 0.1) is 0 Å². The lowest BCUT2D eigenvalue weighted by atomic mass is 10.0. The first-order chi connectivity index (χ1) is 5.72. The molecule has 0 amide bonds. The highest BCUT2D eigenvalue weighted by Gasteiger charge is 1.98. The Labute approximate surface area is 74.9 Å². The molecule has 0 aliphatic rings. The molecule has 0 nitrogen and oxygen atoms in total. The minimum atomic E-state index is 1.02. The zero-order valence-electron chi connectivity index (χ0n) is 7.80. The third kappa shape index (κ3) is 2.54. The highest BCUT2D eigenvalue weighted by Crippen LogP contribution is 2.11. The number of hydrogen-bond acceptors (Lipinski definition) is 0. The molecule has 1 aromatic rings. The van der Waals surface area contributed by atoms with Crippen molar-refractivity contribution in [2.24, 2.45) is 0 Å². The van der Waals surface area contributed by atoms with E-state index >= 15 is 0 Å². The molecule has 1 aromatic carbocycles. The first kappa shape index (κ1) is 9.05. The first-order valence-electron chi connectivity index (χ1n) is 4.23. The van der Waals surface area contributed by atoms with Crippen LogP contribution >= 0.6 is 0 Å². The van der Waals surface area contributed by atoms with E-state index in [1.165, 1.54) is 17.0 Å². The highest BCUT2D eigenvalue weighted by atomic mass is 14.0. The van der Waals surface area contributed by atoms with Crippen LogP contribution in [0, 0.1) is 12.8 Å². The average Bonchev–Trinajstić information content (AvgIpc) is 2.04. The third-order valence-corrected chi connectivity index (χ3v) is 1.91. The van der Waals surface area contributed by atoms with E-state index in [0.717, 1.165) is 6.42 Å². The van der Waals surface area contributed by atoms with Gasteiger partial charge in [0, 0.05) is 0 Å². The largest absolute Gasteiger partial charge is 0.102 e. The molecule has 0 saturated heterocycles. The summed E-state index contributed by atoms with van der Waals surface area (Å²) in [5, 5.41) is 0. The van der Waals surface area contributed by atoms with Crippen molar-refractivity contribution in [1.29, 1.82) is 0 Å². The summed E-state index contributed by atoms with van der Waals surface area (Å²) in [6, 6.07) is 8.58. The maximum atomic E-state index is 3.74. The Kier molecular flexibility index (Phi) is 3.09. The van der Waals surface area contributed by atoms with Crippen LogP contribution in [0.3, 0.4) is 0 Å². The van der Waals surface area contributed by atoms with Crippen molar-refractivity contribution in [2.45, 2.75) is 20.3 Å². The number of allylic oxidation sites excluding steroid dienone is 1. The summed E-state index contributed by atoms with van der Waals surface area (Å²) in [6.07, 6.45) is 2.94. The predicted molar refractivity (Wildman–Crippen MR) is 54.0 cm³/mol. The Bertz CT molecular complexity index is 260. The van der Waals surface area contributed by atoms with Crippen molar-refractivity contribution < 1.29 is 0 Å². The van der Waals surface area contributed by atoms with Gasteiger partial charge in [-0.2, -0.15) is 0 Å². The lowest BCUT2D eigenvalue weighted by Crippen LogP contribution is -1.92. The molecule has 0 atom stereocenters. The van der Waals surface area contributed by atoms with Gasteiger partial charge in [0.15, 0.2) is 0 Å². The van der Waals surface area contributed by atoms with E-state index in [1.54, 1.807) is 0 Å². The minimum absolute atomic E-state index is 1.02. The Balaban J connectivity index is 2.69. The quantitative estimate of drug-likeness (QED) is 0.634. The average molecular weight is 159 g/mol. The number of aryl methyl sites for hydroxylation is 1. The van der Waals surface area contributed by atoms with Crippen molar-refractivity contribution in [3.8, 4) is 0 Å². The van der Waals surface area contributed by atoms with Crippen molar-refractivity contribution in [2.75, 3.05) is 0 Å².